The Morgan fingerprint density at radius 2 is 2.04 bits per heavy atom. The van der Waals surface area contributed by atoms with E-state index in [4.69, 9.17) is 9.15 Å². The van der Waals surface area contributed by atoms with Crippen LogP contribution in [0.4, 0.5) is 0 Å². The zero-order valence-electron chi connectivity index (χ0n) is 15.0. The summed E-state index contributed by atoms with van der Waals surface area (Å²) in [6.45, 7) is 1.98. The summed E-state index contributed by atoms with van der Waals surface area (Å²) in [6.07, 6.45) is 8.77. The van der Waals surface area contributed by atoms with Gasteiger partial charge in [-0.15, -0.1) is 0 Å². The number of carbonyl (C=O) groups excluding carboxylic acids is 2. The molecule has 0 bridgehead atoms. The Bertz CT molecular complexity index is 849. The fourth-order valence-corrected chi connectivity index (χ4v) is 3.53. The van der Waals surface area contributed by atoms with Crippen LogP contribution in [0.3, 0.4) is 0 Å². The van der Waals surface area contributed by atoms with Crippen molar-refractivity contribution in [2.45, 2.75) is 25.3 Å². The topological polar surface area (TPSA) is 71.8 Å². The molecule has 27 heavy (non-hydrogen) atoms. The molecule has 2 aromatic rings. The minimum Gasteiger partial charge on any atom is -0.493 e. The van der Waals surface area contributed by atoms with E-state index >= 15 is 0 Å². The maximum absolute atomic E-state index is 12.3. The summed E-state index contributed by atoms with van der Waals surface area (Å²) >= 11 is 0. The van der Waals surface area contributed by atoms with Crippen LogP contribution in [-0.2, 0) is 11.2 Å². The zero-order valence-corrected chi connectivity index (χ0v) is 15.0. The number of rotatable bonds is 4. The number of nitrogens with zero attached hydrogens (tertiary/aromatic N) is 1. The van der Waals surface area contributed by atoms with E-state index in [0.717, 1.165) is 37.2 Å². The first-order valence-electron chi connectivity index (χ1n) is 9.25. The van der Waals surface area contributed by atoms with Crippen molar-refractivity contribution >= 4 is 17.9 Å². The number of carbonyl (C=O) groups is 2. The van der Waals surface area contributed by atoms with E-state index in [2.05, 4.69) is 11.4 Å². The lowest BCUT2D eigenvalue weighted by molar-refractivity contribution is -0.117. The standard InChI is InChI=1S/C21H22N2O4/c24-20(4-2-15-1-3-19-16(13-15)8-12-27-19)22-18-5-9-23(10-6-18)21(25)17-7-11-26-14-17/h1-4,7,11,13-14,18H,5-6,8-10,12H2,(H,22,24)/b4-2+. The smallest absolute Gasteiger partial charge is 0.257 e. The SMILES string of the molecule is O=C(/C=C/c1ccc2c(c1)CCO2)NC1CCN(C(=O)c2ccoc2)CC1. The first kappa shape index (κ1) is 17.4. The van der Waals surface area contributed by atoms with E-state index in [0.29, 0.717) is 18.7 Å². The Morgan fingerprint density at radius 3 is 2.81 bits per heavy atom. The van der Waals surface area contributed by atoms with E-state index < -0.39 is 0 Å². The molecule has 4 rings (SSSR count). The molecule has 1 saturated heterocycles. The van der Waals surface area contributed by atoms with Crippen molar-refractivity contribution in [1.29, 1.82) is 0 Å². The molecule has 1 aromatic heterocycles. The molecule has 6 nitrogen and oxygen atoms in total. The molecule has 0 saturated carbocycles. The number of ether oxygens (including phenoxy) is 1. The average Bonchev–Trinajstić information content (AvgIpc) is 3.38. The molecule has 3 heterocycles. The summed E-state index contributed by atoms with van der Waals surface area (Å²) in [5.74, 6) is 0.814. The van der Waals surface area contributed by atoms with Gasteiger partial charge in [-0.2, -0.15) is 0 Å². The van der Waals surface area contributed by atoms with Gasteiger partial charge < -0.3 is 19.4 Å². The van der Waals surface area contributed by atoms with Gasteiger partial charge in [0, 0.05) is 31.6 Å². The van der Waals surface area contributed by atoms with Crippen molar-refractivity contribution in [1.82, 2.24) is 10.2 Å². The molecule has 2 aliphatic rings. The van der Waals surface area contributed by atoms with Crippen LogP contribution in [-0.4, -0.2) is 42.5 Å². The highest BCUT2D eigenvalue weighted by Crippen LogP contribution is 2.26. The van der Waals surface area contributed by atoms with Crippen LogP contribution >= 0.6 is 0 Å². The largest absolute Gasteiger partial charge is 0.493 e. The molecule has 1 fully saturated rings. The number of fused-ring (bicyclic) bond motifs is 1. The number of hydrogen-bond donors (Lipinski definition) is 1. The van der Waals surface area contributed by atoms with Gasteiger partial charge in [0.25, 0.3) is 5.91 Å². The second-order valence-corrected chi connectivity index (χ2v) is 6.89. The van der Waals surface area contributed by atoms with Crippen molar-refractivity contribution in [3.05, 3.63) is 59.6 Å². The number of benzene rings is 1. The minimum absolute atomic E-state index is 0.0194. The van der Waals surface area contributed by atoms with Crippen LogP contribution in [0.5, 0.6) is 5.75 Å². The molecule has 2 aliphatic heterocycles. The maximum Gasteiger partial charge on any atom is 0.257 e. The first-order chi connectivity index (χ1) is 13.2. The van der Waals surface area contributed by atoms with Gasteiger partial charge in [0.1, 0.15) is 12.0 Å². The number of nitrogens with one attached hydrogen (secondary N) is 1. The Kier molecular flexibility index (Phi) is 4.96. The molecule has 2 amide bonds. The molecule has 1 aromatic carbocycles. The highest BCUT2D eigenvalue weighted by Gasteiger charge is 2.24. The van der Waals surface area contributed by atoms with Crippen LogP contribution < -0.4 is 10.1 Å². The molecular formula is C21H22N2O4. The molecule has 0 aliphatic carbocycles. The van der Waals surface area contributed by atoms with E-state index in [1.807, 2.05) is 18.2 Å². The second kappa shape index (κ2) is 7.70. The fourth-order valence-electron chi connectivity index (χ4n) is 3.53. The predicted molar refractivity (Wildman–Crippen MR) is 100 cm³/mol. The number of hydrogen-bond acceptors (Lipinski definition) is 4. The van der Waals surface area contributed by atoms with Crippen molar-refractivity contribution < 1.29 is 18.7 Å². The second-order valence-electron chi connectivity index (χ2n) is 6.89. The van der Waals surface area contributed by atoms with Gasteiger partial charge in [0.2, 0.25) is 5.91 Å². The van der Waals surface area contributed by atoms with Gasteiger partial charge in [0.05, 0.1) is 18.4 Å². The van der Waals surface area contributed by atoms with Gasteiger partial charge in [0.15, 0.2) is 0 Å². The zero-order chi connectivity index (χ0) is 18.6. The van der Waals surface area contributed by atoms with Crippen LogP contribution in [0.15, 0.2) is 47.3 Å². The number of likely N-dealkylation sites (tertiary alicyclic amines) is 1. The normalized spacial score (nSPS) is 17.0. The number of piperidine rings is 1. The molecule has 0 radical (unpaired) electrons. The Labute approximate surface area is 157 Å². The molecule has 0 spiro atoms. The minimum atomic E-state index is -0.105. The van der Waals surface area contributed by atoms with Crippen molar-refractivity contribution in [2.24, 2.45) is 0 Å². The Morgan fingerprint density at radius 1 is 1.19 bits per heavy atom. The summed E-state index contributed by atoms with van der Waals surface area (Å²) in [5.41, 5.74) is 2.75. The molecule has 6 heteroatoms. The highest BCUT2D eigenvalue weighted by molar-refractivity contribution is 5.94. The van der Waals surface area contributed by atoms with E-state index in [1.54, 1.807) is 17.0 Å². The predicted octanol–water partition coefficient (Wildman–Crippen LogP) is 2.65. The lowest BCUT2D eigenvalue weighted by Gasteiger charge is -2.32. The molecular weight excluding hydrogens is 344 g/mol. The third-order valence-corrected chi connectivity index (χ3v) is 5.04. The van der Waals surface area contributed by atoms with Crippen LogP contribution in [0, 0.1) is 0 Å². The lowest BCUT2D eigenvalue weighted by atomic mass is 10.0. The number of amides is 2. The Balaban J connectivity index is 1.26. The quantitative estimate of drug-likeness (QED) is 0.845. The highest BCUT2D eigenvalue weighted by atomic mass is 16.5. The molecule has 1 N–H and O–H groups in total. The van der Waals surface area contributed by atoms with Gasteiger partial charge in [-0.1, -0.05) is 6.07 Å². The van der Waals surface area contributed by atoms with E-state index in [1.165, 1.54) is 18.1 Å². The third-order valence-electron chi connectivity index (χ3n) is 5.04. The lowest BCUT2D eigenvalue weighted by Crippen LogP contribution is -2.46. The van der Waals surface area contributed by atoms with E-state index in [9.17, 15) is 9.59 Å². The third kappa shape index (κ3) is 4.05. The maximum atomic E-state index is 12.3. The monoisotopic (exact) mass is 366 g/mol. The average molecular weight is 366 g/mol. The summed E-state index contributed by atoms with van der Waals surface area (Å²) in [5, 5.41) is 3.03. The summed E-state index contributed by atoms with van der Waals surface area (Å²) in [7, 11) is 0. The van der Waals surface area contributed by atoms with Crippen LogP contribution in [0.1, 0.15) is 34.3 Å². The molecule has 140 valence electrons. The summed E-state index contributed by atoms with van der Waals surface area (Å²) < 4.78 is 10.5. The van der Waals surface area contributed by atoms with E-state index in [-0.39, 0.29) is 17.9 Å². The summed E-state index contributed by atoms with van der Waals surface area (Å²) in [4.78, 5) is 26.3. The molecule has 0 atom stereocenters. The Hall–Kier alpha value is -3.02. The first-order valence-corrected chi connectivity index (χ1v) is 9.25. The summed E-state index contributed by atoms with van der Waals surface area (Å²) in [6, 6.07) is 7.72. The van der Waals surface area contributed by atoms with Crippen molar-refractivity contribution in [3.63, 3.8) is 0 Å². The van der Waals surface area contributed by atoms with Gasteiger partial charge in [-0.3, -0.25) is 9.59 Å². The van der Waals surface area contributed by atoms with Gasteiger partial charge >= 0.3 is 0 Å². The van der Waals surface area contributed by atoms with Crippen LogP contribution in [0.25, 0.3) is 6.08 Å². The van der Waals surface area contributed by atoms with Crippen molar-refractivity contribution in [2.75, 3.05) is 19.7 Å². The van der Waals surface area contributed by atoms with Crippen molar-refractivity contribution in [3.8, 4) is 5.75 Å². The van der Waals surface area contributed by atoms with Gasteiger partial charge in [-0.25, -0.2) is 0 Å². The number of furan rings is 1. The fraction of sp³-hybridized carbons (Fsp3) is 0.333. The molecule has 0 unspecified atom stereocenters. The van der Waals surface area contributed by atoms with Gasteiger partial charge in [-0.05, 0) is 48.2 Å². The van der Waals surface area contributed by atoms with Crippen LogP contribution in [0.2, 0.25) is 0 Å².